The number of hydrogen-bond acceptors (Lipinski definition) is 6. The molecule has 1 atom stereocenters. The van der Waals surface area contributed by atoms with Crippen LogP contribution in [0.3, 0.4) is 0 Å². The molecule has 2 N–H and O–H groups in total. The van der Waals surface area contributed by atoms with Crippen LogP contribution in [-0.2, 0) is 0 Å². The van der Waals surface area contributed by atoms with Crippen LogP contribution in [0.25, 0.3) is 0 Å². The molecular formula is C21H29FN6. The Balaban J connectivity index is 1.49. The van der Waals surface area contributed by atoms with Gasteiger partial charge in [-0.25, -0.2) is 14.4 Å². The molecule has 150 valence electrons. The van der Waals surface area contributed by atoms with Crippen molar-refractivity contribution in [2.45, 2.75) is 38.6 Å². The van der Waals surface area contributed by atoms with Gasteiger partial charge in [0.05, 0.1) is 0 Å². The number of hydrogen-bond donors (Lipinski definition) is 1. The Morgan fingerprint density at radius 3 is 2.36 bits per heavy atom. The van der Waals surface area contributed by atoms with Crippen LogP contribution in [0.15, 0.2) is 30.6 Å². The Kier molecular flexibility index (Phi) is 5.50. The van der Waals surface area contributed by atoms with Crippen LogP contribution in [-0.4, -0.2) is 48.7 Å². The number of benzene rings is 1. The highest BCUT2D eigenvalue weighted by Crippen LogP contribution is 2.34. The smallest absolute Gasteiger partial charge is 0.157 e. The minimum absolute atomic E-state index is 0.202. The summed E-state index contributed by atoms with van der Waals surface area (Å²) in [5.41, 5.74) is 8.31. The number of halogens is 1. The first kappa shape index (κ1) is 18.8. The largest absolute Gasteiger partial charge is 0.393 e. The Morgan fingerprint density at radius 1 is 0.964 bits per heavy atom. The fraction of sp³-hybridized carbons (Fsp3) is 0.524. The molecule has 0 bridgehead atoms. The maximum atomic E-state index is 13.2. The lowest BCUT2D eigenvalue weighted by molar-refractivity contribution is 0.447. The van der Waals surface area contributed by atoms with E-state index in [2.05, 4.69) is 31.6 Å². The van der Waals surface area contributed by atoms with E-state index in [1.807, 2.05) is 12.1 Å². The normalized spacial score (nSPS) is 20.5. The molecule has 28 heavy (non-hydrogen) atoms. The van der Waals surface area contributed by atoms with Crippen molar-refractivity contribution in [3.05, 3.63) is 36.4 Å². The summed E-state index contributed by atoms with van der Waals surface area (Å²) >= 11 is 0. The van der Waals surface area contributed by atoms with Crippen LogP contribution >= 0.6 is 0 Å². The number of nitrogen functional groups attached to an aromatic ring is 1. The molecule has 1 unspecified atom stereocenters. The van der Waals surface area contributed by atoms with Crippen molar-refractivity contribution in [1.82, 2.24) is 9.97 Å². The second kappa shape index (κ2) is 8.20. The molecule has 2 aliphatic rings. The summed E-state index contributed by atoms with van der Waals surface area (Å²) < 4.78 is 13.2. The molecule has 6 nitrogen and oxygen atoms in total. The molecule has 0 radical (unpaired) electrons. The number of nitrogens with two attached hydrogens (primary N) is 1. The summed E-state index contributed by atoms with van der Waals surface area (Å²) in [6.45, 7) is 6.61. The molecule has 7 heteroatoms. The minimum Gasteiger partial charge on any atom is -0.393 e. The van der Waals surface area contributed by atoms with E-state index in [0.29, 0.717) is 11.7 Å². The van der Waals surface area contributed by atoms with Gasteiger partial charge in [-0.2, -0.15) is 0 Å². The maximum Gasteiger partial charge on any atom is 0.157 e. The van der Waals surface area contributed by atoms with Crippen LogP contribution in [0.2, 0.25) is 0 Å². The van der Waals surface area contributed by atoms with Crippen molar-refractivity contribution in [3.63, 3.8) is 0 Å². The second-order valence-electron chi connectivity index (χ2n) is 7.64. The first-order chi connectivity index (χ1) is 13.7. The molecule has 2 aromatic rings. The van der Waals surface area contributed by atoms with Crippen LogP contribution in [0.1, 0.15) is 32.6 Å². The Hall–Kier alpha value is -2.57. The number of rotatable bonds is 4. The molecule has 4 rings (SSSR count). The van der Waals surface area contributed by atoms with Crippen LogP contribution in [0, 0.1) is 5.82 Å². The summed E-state index contributed by atoms with van der Waals surface area (Å²) in [5, 5.41) is 0. The highest BCUT2D eigenvalue weighted by molar-refractivity contribution is 5.76. The van der Waals surface area contributed by atoms with E-state index >= 15 is 0 Å². The molecule has 1 aromatic carbocycles. The van der Waals surface area contributed by atoms with E-state index in [4.69, 9.17) is 5.73 Å². The third-order valence-corrected chi connectivity index (χ3v) is 5.98. The van der Waals surface area contributed by atoms with Gasteiger partial charge >= 0.3 is 0 Å². The molecule has 3 heterocycles. The molecule has 0 spiro atoms. The highest BCUT2D eigenvalue weighted by Gasteiger charge is 2.27. The lowest BCUT2D eigenvalue weighted by Crippen LogP contribution is -2.47. The summed E-state index contributed by atoms with van der Waals surface area (Å²) in [6, 6.07) is 7.21. The van der Waals surface area contributed by atoms with Crippen LogP contribution in [0.5, 0.6) is 0 Å². The zero-order chi connectivity index (χ0) is 19.5. The molecule has 0 saturated carbocycles. The Morgan fingerprint density at radius 2 is 1.64 bits per heavy atom. The summed E-state index contributed by atoms with van der Waals surface area (Å²) in [7, 11) is 0. The topological polar surface area (TPSA) is 61.5 Å². The van der Waals surface area contributed by atoms with Gasteiger partial charge in [-0.05, 0) is 49.9 Å². The molecule has 1 aromatic heterocycles. The van der Waals surface area contributed by atoms with Gasteiger partial charge in [0.1, 0.15) is 17.8 Å². The Bertz CT molecular complexity index is 788. The fourth-order valence-corrected chi connectivity index (χ4v) is 4.39. The molecule has 2 aliphatic heterocycles. The quantitative estimate of drug-likeness (QED) is 0.873. The predicted molar refractivity (Wildman–Crippen MR) is 113 cm³/mol. The third-order valence-electron chi connectivity index (χ3n) is 5.98. The molecule has 0 amide bonds. The number of aromatic nitrogens is 2. The SMILES string of the molecule is CCC1CCCCN1c1ncnc(N2CCN(c3ccc(F)cc3)CC2)c1N. The van der Waals surface area contributed by atoms with E-state index in [0.717, 1.165) is 56.5 Å². The van der Waals surface area contributed by atoms with Gasteiger partial charge in [0.15, 0.2) is 11.6 Å². The molecule has 2 fully saturated rings. The average molecular weight is 385 g/mol. The summed E-state index contributed by atoms with van der Waals surface area (Å²) in [6.07, 6.45) is 6.42. The number of anilines is 4. The van der Waals surface area contributed by atoms with Crippen molar-refractivity contribution >= 4 is 23.0 Å². The number of piperazine rings is 1. The summed E-state index contributed by atoms with van der Waals surface area (Å²) in [5.74, 6) is 1.52. The van der Waals surface area contributed by atoms with Crippen molar-refractivity contribution in [3.8, 4) is 0 Å². The van der Waals surface area contributed by atoms with Gasteiger partial charge in [0, 0.05) is 44.5 Å². The van der Waals surface area contributed by atoms with Gasteiger partial charge < -0.3 is 20.4 Å². The van der Waals surface area contributed by atoms with Crippen molar-refractivity contribution < 1.29 is 4.39 Å². The standard InChI is InChI=1S/C21H29FN6/c1-2-17-5-3-4-10-28(17)21-19(23)20(24-15-25-21)27-13-11-26(12-14-27)18-8-6-16(22)7-9-18/h6-9,15,17H,2-5,10-14,23H2,1H3. The summed E-state index contributed by atoms with van der Waals surface area (Å²) in [4.78, 5) is 15.9. The zero-order valence-corrected chi connectivity index (χ0v) is 16.5. The minimum atomic E-state index is -0.202. The number of piperidine rings is 1. The Labute approximate surface area is 166 Å². The zero-order valence-electron chi connectivity index (χ0n) is 16.5. The van der Waals surface area contributed by atoms with Crippen molar-refractivity contribution in [2.24, 2.45) is 0 Å². The lowest BCUT2D eigenvalue weighted by atomic mass is 10.00. The first-order valence-electron chi connectivity index (χ1n) is 10.3. The molecular weight excluding hydrogens is 355 g/mol. The average Bonchev–Trinajstić information content (AvgIpc) is 2.75. The van der Waals surface area contributed by atoms with Crippen molar-refractivity contribution in [2.75, 3.05) is 53.2 Å². The number of nitrogens with zero attached hydrogens (tertiary/aromatic N) is 5. The lowest BCUT2D eigenvalue weighted by Gasteiger charge is -2.39. The van der Waals surface area contributed by atoms with Gasteiger partial charge in [-0.3, -0.25) is 0 Å². The molecule has 2 saturated heterocycles. The van der Waals surface area contributed by atoms with E-state index in [9.17, 15) is 4.39 Å². The van der Waals surface area contributed by atoms with E-state index in [1.165, 1.54) is 31.4 Å². The van der Waals surface area contributed by atoms with E-state index in [-0.39, 0.29) is 5.82 Å². The predicted octanol–water partition coefficient (Wildman–Crippen LogP) is 3.29. The van der Waals surface area contributed by atoms with Crippen molar-refractivity contribution in [1.29, 1.82) is 0 Å². The van der Waals surface area contributed by atoms with E-state index in [1.54, 1.807) is 6.33 Å². The highest BCUT2D eigenvalue weighted by atomic mass is 19.1. The van der Waals surface area contributed by atoms with Gasteiger partial charge in [0.2, 0.25) is 0 Å². The first-order valence-corrected chi connectivity index (χ1v) is 10.3. The fourth-order valence-electron chi connectivity index (χ4n) is 4.39. The van der Waals surface area contributed by atoms with Crippen LogP contribution < -0.4 is 20.4 Å². The third kappa shape index (κ3) is 3.70. The van der Waals surface area contributed by atoms with Crippen LogP contribution in [0.4, 0.5) is 27.4 Å². The van der Waals surface area contributed by atoms with Gasteiger partial charge in [-0.1, -0.05) is 6.92 Å². The van der Waals surface area contributed by atoms with Gasteiger partial charge in [-0.15, -0.1) is 0 Å². The second-order valence-corrected chi connectivity index (χ2v) is 7.64. The monoisotopic (exact) mass is 384 g/mol. The maximum absolute atomic E-state index is 13.2. The van der Waals surface area contributed by atoms with Gasteiger partial charge in [0.25, 0.3) is 0 Å². The molecule has 0 aliphatic carbocycles. The van der Waals surface area contributed by atoms with E-state index < -0.39 is 0 Å².